The van der Waals surface area contributed by atoms with E-state index in [-0.39, 0.29) is 5.57 Å². The molecular weight excluding hydrogens is 404 g/mol. The fraction of sp³-hybridized carbons (Fsp3) is 0.231. The molecule has 6 heteroatoms. The van der Waals surface area contributed by atoms with Crippen LogP contribution in [0.2, 0.25) is 0 Å². The highest BCUT2D eigenvalue weighted by atomic mass is 16.5. The minimum atomic E-state index is -0.503. The molecule has 0 atom stereocenters. The normalized spacial score (nSPS) is 11.0. The van der Waals surface area contributed by atoms with Crippen LogP contribution in [0.5, 0.6) is 17.2 Å². The minimum absolute atomic E-state index is 0.0332. The van der Waals surface area contributed by atoms with Crippen LogP contribution in [-0.4, -0.2) is 25.7 Å². The molecule has 3 aromatic carbocycles. The van der Waals surface area contributed by atoms with Crippen LogP contribution in [0.25, 0.3) is 16.8 Å². The molecule has 0 radical (unpaired) electrons. The molecule has 0 fully saturated rings. The zero-order valence-corrected chi connectivity index (χ0v) is 18.5. The van der Waals surface area contributed by atoms with Crippen LogP contribution in [-0.2, 0) is 4.79 Å². The van der Waals surface area contributed by atoms with Crippen molar-refractivity contribution >= 4 is 28.4 Å². The average molecular weight is 431 g/mol. The SMILES string of the molecule is CCOc1ccc(NC(=O)/C(C#N)=C\c2c(OCC)ccc3ccc(OCC)cc23)cc1. The summed E-state index contributed by atoms with van der Waals surface area (Å²) in [5.41, 5.74) is 1.19. The lowest BCUT2D eigenvalue weighted by atomic mass is 10.0. The molecule has 3 rings (SSSR count). The van der Waals surface area contributed by atoms with Crippen molar-refractivity contribution in [3.63, 3.8) is 0 Å². The first-order valence-corrected chi connectivity index (χ1v) is 10.6. The zero-order valence-electron chi connectivity index (χ0n) is 18.5. The van der Waals surface area contributed by atoms with E-state index >= 15 is 0 Å². The van der Waals surface area contributed by atoms with Gasteiger partial charge in [0.15, 0.2) is 0 Å². The monoisotopic (exact) mass is 430 g/mol. The maximum atomic E-state index is 12.8. The molecule has 0 aliphatic carbocycles. The molecule has 0 aliphatic heterocycles. The van der Waals surface area contributed by atoms with Crippen molar-refractivity contribution in [3.05, 3.63) is 65.7 Å². The van der Waals surface area contributed by atoms with Gasteiger partial charge in [0, 0.05) is 11.3 Å². The number of nitriles is 1. The predicted octanol–water partition coefficient (Wildman–Crippen LogP) is 5.58. The Morgan fingerprint density at radius 1 is 0.906 bits per heavy atom. The van der Waals surface area contributed by atoms with Crippen molar-refractivity contribution in [3.8, 4) is 23.3 Å². The zero-order chi connectivity index (χ0) is 22.9. The molecule has 32 heavy (non-hydrogen) atoms. The second-order valence-electron chi connectivity index (χ2n) is 6.81. The maximum absolute atomic E-state index is 12.8. The smallest absolute Gasteiger partial charge is 0.266 e. The number of fused-ring (bicyclic) bond motifs is 1. The third-order valence-electron chi connectivity index (χ3n) is 4.68. The summed E-state index contributed by atoms with van der Waals surface area (Å²) in [6, 6.07) is 18.5. The summed E-state index contributed by atoms with van der Waals surface area (Å²) < 4.78 is 16.8. The van der Waals surface area contributed by atoms with Crippen LogP contribution in [0, 0.1) is 11.3 Å². The number of nitrogens with one attached hydrogen (secondary N) is 1. The van der Waals surface area contributed by atoms with E-state index in [0.717, 1.165) is 10.8 Å². The highest BCUT2D eigenvalue weighted by Crippen LogP contribution is 2.33. The number of nitrogens with zero attached hydrogens (tertiary/aromatic N) is 1. The van der Waals surface area contributed by atoms with Crippen molar-refractivity contribution in [1.29, 1.82) is 5.26 Å². The second kappa shape index (κ2) is 10.9. The third kappa shape index (κ3) is 5.38. The summed E-state index contributed by atoms with van der Waals surface area (Å²) in [6.45, 7) is 7.26. The summed E-state index contributed by atoms with van der Waals surface area (Å²) in [6.07, 6.45) is 1.56. The maximum Gasteiger partial charge on any atom is 0.266 e. The van der Waals surface area contributed by atoms with Gasteiger partial charge in [-0.25, -0.2) is 0 Å². The second-order valence-corrected chi connectivity index (χ2v) is 6.81. The van der Waals surface area contributed by atoms with E-state index in [0.29, 0.717) is 48.3 Å². The first kappa shape index (κ1) is 22.7. The Morgan fingerprint density at radius 2 is 1.53 bits per heavy atom. The van der Waals surface area contributed by atoms with Gasteiger partial charge < -0.3 is 19.5 Å². The van der Waals surface area contributed by atoms with E-state index in [2.05, 4.69) is 5.32 Å². The fourth-order valence-electron chi connectivity index (χ4n) is 3.28. The Morgan fingerprint density at radius 3 is 2.19 bits per heavy atom. The van der Waals surface area contributed by atoms with Gasteiger partial charge in [-0.3, -0.25) is 4.79 Å². The quantitative estimate of drug-likeness (QED) is 0.354. The van der Waals surface area contributed by atoms with E-state index < -0.39 is 5.91 Å². The topological polar surface area (TPSA) is 80.6 Å². The van der Waals surface area contributed by atoms with Gasteiger partial charge in [-0.05, 0) is 80.1 Å². The summed E-state index contributed by atoms with van der Waals surface area (Å²) in [7, 11) is 0. The Kier molecular flexibility index (Phi) is 7.71. The number of rotatable bonds is 9. The Balaban J connectivity index is 1.99. The number of hydrogen-bond donors (Lipinski definition) is 1. The Labute approximate surface area is 188 Å². The number of anilines is 1. The van der Waals surface area contributed by atoms with Crippen molar-refractivity contribution in [2.24, 2.45) is 0 Å². The number of carbonyl (C=O) groups is 1. The largest absolute Gasteiger partial charge is 0.494 e. The van der Waals surface area contributed by atoms with Crippen LogP contribution >= 0.6 is 0 Å². The van der Waals surface area contributed by atoms with Crippen molar-refractivity contribution in [1.82, 2.24) is 0 Å². The number of carbonyl (C=O) groups excluding carboxylic acids is 1. The summed E-state index contributed by atoms with van der Waals surface area (Å²) in [4.78, 5) is 12.8. The van der Waals surface area contributed by atoms with E-state index in [1.807, 2.05) is 57.2 Å². The van der Waals surface area contributed by atoms with Crippen LogP contribution in [0.4, 0.5) is 5.69 Å². The van der Waals surface area contributed by atoms with Crippen molar-refractivity contribution in [2.45, 2.75) is 20.8 Å². The summed E-state index contributed by atoms with van der Waals surface area (Å²) in [5.74, 6) is 1.51. The molecule has 3 aromatic rings. The van der Waals surface area contributed by atoms with Gasteiger partial charge in [-0.1, -0.05) is 12.1 Å². The van der Waals surface area contributed by atoms with Gasteiger partial charge in [-0.15, -0.1) is 0 Å². The summed E-state index contributed by atoms with van der Waals surface area (Å²) >= 11 is 0. The molecule has 6 nitrogen and oxygen atoms in total. The van der Waals surface area contributed by atoms with Crippen molar-refractivity contribution < 1.29 is 19.0 Å². The summed E-state index contributed by atoms with van der Waals surface area (Å²) in [5, 5.41) is 14.3. The average Bonchev–Trinajstić information content (AvgIpc) is 2.80. The van der Waals surface area contributed by atoms with Gasteiger partial charge >= 0.3 is 0 Å². The molecule has 0 aliphatic rings. The Bertz CT molecular complexity index is 1160. The lowest BCUT2D eigenvalue weighted by Crippen LogP contribution is -2.13. The number of amides is 1. The van der Waals surface area contributed by atoms with Gasteiger partial charge in [0.25, 0.3) is 5.91 Å². The molecule has 1 N–H and O–H groups in total. The Hall–Kier alpha value is -3.98. The first-order valence-electron chi connectivity index (χ1n) is 10.6. The van der Waals surface area contributed by atoms with E-state index in [1.165, 1.54) is 0 Å². The predicted molar refractivity (Wildman–Crippen MR) is 126 cm³/mol. The van der Waals surface area contributed by atoms with Gasteiger partial charge in [0.05, 0.1) is 19.8 Å². The molecule has 164 valence electrons. The third-order valence-corrected chi connectivity index (χ3v) is 4.68. The lowest BCUT2D eigenvalue weighted by Gasteiger charge is -2.13. The van der Waals surface area contributed by atoms with Crippen LogP contribution < -0.4 is 19.5 Å². The van der Waals surface area contributed by atoms with Gasteiger partial charge in [-0.2, -0.15) is 5.26 Å². The van der Waals surface area contributed by atoms with Gasteiger partial charge in [0.1, 0.15) is 28.9 Å². The molecule has 0 heterocycles. The fourth-order valence-corrected chi connectivity index (χ4v) is 3.28. The molecule has 0 saturated carbocycles. The van der Waals surface area contributed by atoms with E-state index in [4.69, 9.17) is 14.2 Å². The van der Waals surface area contributed by atoms with Crippen LogP contribution in [0.3, 0.4) is 0 Å². The molecule has 0 saturated heterocycles. The molecule has 0 aromatic heterocycles. The molecule has 0 unspecified atom stereocenters. The molecule has 0 bridgehead atoms. The van der Waals surface area contributed by atoms with Crippen LogP contribution in [0.15, 0.2) is 60.2 Å². The van der Waals surface area contributed by atoms with Crippen LogP contribution in [0.1, 0.15) is 26.3 Å². The number of benzene rings is 3. The number of hydrogen-bond acceptors (Lipinski definition) is 5. The van der Waals surface area contributed by atoms with E-state index in [1.54, 1.807) is 30.3 Å². The molecular formula is C26H26N2O4. The standard InChI is InChI=1S/C26H26N2O4/c1-4-30-21-12-9-20(10-13-21)28-26(29)19(17-27)15-24-23-16-22(31-5-2)11-7-18(23)8-14-25(24)32-6-3/h7-16H,4-6H2,1-3H3,(H,28,29)/b19-15-. The first-order chi connectivity index (χ1) is 15.6. The van der Waals surface area contributed by atoms with Gasteiger partial charge in [0.2, 0.25) is 0 Å². The minimum Gasteiger partial charge on any atom is -0.494 e. The highest BCUT2D eigenvalue weighted by Gasteiger charge is 2.14. The van der Waals surface area contributed by atoms with Crippen molar-refractivity contribution in [2.75, 3.05) is 25.1 Å². The molecule has 0 spiro atoms. The molecule has 1 amide bonds. The highest BCUT2D eigenvalue weighted by molar-refractivity contribution is 6.11. The van der Waals surface area contributed by atoms with E-state index in [9.17, 15) is 10.1 Å². The number of ether oxygens (including phenoxy) is 3. The lowest BCUT2D eigenvalue weighted by molar-refractivity contribution is -0.112.